The third-order valence-corrected chi connectivity index (χ3v) is 5.00. The molecule has 0 aliphatic carbocycles. The Hall–Kier alpha value is -0.250. The van der Waals surface area contributed by atoms with E-state index in [1.807, 2.05) is 0 Å². The average Bonchev–Trinajstić information content (AvgIpc) is 2.17. The molecule has 0 saturated heterocycles. The summed E-state index contributed by atoms with van der Waals surface area (Å²) in [4.78, 5) is 0.212. The number of rotatable bonds is 3. The fourth-order valence-corrected chi connectivity index (χ4v) is 2.68. The van der Waals surface area contributed by atoms with E-state index in [-0.39, 0.29) is 4.90 Å². The molecule has 5 heteroatoms. The second kappa shape index (κ2) is 4.51. The molecule has 0 fully saturated rings. The number of alkyl halides is 1. The van der Waals surface area contributed by atoms with E-state index >= 15 is 0 Å². The molecule has 0 bridgehead atoms. The fourth-order valence-electron chi connectivity index (χ4n) is 0.991. The predicted octanol–water partition coefficient (Wildman–Crippen LogP) is 3.09. The zero-order valence-corrected chi connectivity index (χ0v) is 9.90. The van der Waals surface area contributed by atoms with Crippen LogP contribution in [0, 0.1) is 0 Å². The minimum atomic E-state index is -3.40. The van der Waals surface area contributed by atoms with Gasteiger partial charge < -0.3 is 0 Å². The van der Waals surface area contributed by atoms with Crippen LogP contribution in [0.1, 0.15) is 13.3 Å². The van der Waals surface area contributed by atoms with E-state index in [4.69, 9.17) is 23.2 Å². The van der Waals surface area contributed by atoms with Gasteiger partial charge in [-0.3, -0.25) is 0 Å². The third kappa shape index (κ3) is 2.41. The van der Waals surface area contributed by atoms with Gasteiger partial charge in [-0.2, -0.15) is 0 Å². The molecule has 14 heavy (non-hydrogen) atoms. The lowest BCUT2D eigenvalue weighted by molar-refractivity contribution is 0.591. The van der Waals surface area contributed by atoms with Crippen LogP contribution in [0.2, 0.25) is 5.02 Å². The first-order chi connectivity index (χ1) is 6.48. The van der Waals surface area contributed by atoms with Crippen molar-refractivity contribution in [1.29, 1.82) is 0 Å². The smallest absolute Gasteiger partial charge is 0.195 e. The number of benzene rings is 1. The van der Waals surface area contributed by atoms with Crippen LogP contribution in [0.15, 0.2) is 29.2 Å². The molecule has 0 N–H and O–H groups in total. The average molecular weight is 253 g/mol. The van der Waals surface area contributed by atoms with E-state index in [2.05, 4.69) is 0 Å². The summed E-state index contributed by atoms with van der Waals surface area (Å²) < 4.78 is 22.5. The Balaban J connectivity index is 3.11. The largest absolute Gasteiger partial charge is 0.222 e. The maximum Gasteiger partial charge on any atom is 0.195 e. The fraction of sp³-hybridized carbons (Fsp3) is 0.333. The summed E-state index contributed by atoms with van der Waals surface area (Å²) in [5.74, 6) is 0. The molecule has 1 aromatic rings. The van der Waals surface area contributed by atoms with Crippen molar-refractivity contribution in [2.24, 2.45) is 0 Å². The van der Waals surface area contributed by atoms with Gasteiger partial charge in [-0.15, -0.1) is 11.6 Å². The van der Waals surface area contributed by atoms with Crippen molar-refractivity contribution >= 4 is 33.0 Å². The first-order valence-electron chi connectivity index (χ1n) is 4.12. The van der Waals surface area contributed by atoms with Crippen molar-refractivity contribution in [2.75, 3.05) is 0 Å². The molecule has 0 heterocycles. The maximum absolute atomic E-state index is 11.7. The highest BCUT2D eigenvalue weighted by atomic mass is 35.5. The van der Waals surface area contributed by atoms with Gasteiger partial charge >= 0.3 is 0 Å². The molecule has 2 nitrogen and oxygen atoms in total. The Bertz CT molecular complexity index is 397. The van der Waals surface area contributed by atoms with Gasteiger partial charge in [0, 0.05) is 5.02 Å². The number of sulfone groups is 1. The van der Waals surface area contributed by atoms with Gasteiger partial charge in [0.1, 0.15) is 4.71 Å². The number of hydrogen-bond acceptors (Lipinski definition) is 2. The van der Waals surface area contributed by atoms with E-state index in [1.165, 1.54) is 24.3 Å². The monoisotopic (exact) mass is 252 g/mol. The van der Waals surface area contributed by atoms with Gasteiger partial charge in [0.25, 0.3) is 0 Å². The summed E-state index contributed by atoms with van der Waals surface area (Å²) in [5.41, 5.74) is 0. The molecule has 0 saturated carbocycles. The summed E-state index contributed by atoms with van der Waals surface area (Å²) in [5, 5.41) is 0.506. The summed E-state index contributed by atoms with van der Waals surface area (Å²) in [7, 11) is -3.40. The summed E-state index contributed by atoms with van der Waals surface area (Å²) in [6.07, 6.45) is 0.381. The van der Waals surface area contributed by atoms with Gasteiger partial charge in [0.2, 0.25) is 0 Å². The normalized spacial score (nSPS) is 13.9. The molecular formula is C9H10Cl2O2S. The Labute approximate surface area is 93.8 Å². The molecule has 0 amide bonds. The van der Waals surface area contributed by atoms with Crippen LogP contribution in [0.25, 0.3) is 0 Å². The number of halogens is 2. The topological polar surface area (TPSA) is 34.1 Å². The van der Waals surface area contributed by atoms with Gasteiger partial charge in [-0.25, -0.2) is 8.42 Å². The second-order valence-corrected chi connectivity index (χ2v) is 6.17. The standard InChI is InChI=1S/C9H10Cl2O2S/c1-2-9(11)14(12,13)8-5-3-7(10)4-6-8/h3-6,9H,2H2,1H3. The van der Waals surface area contributed by atoms with Crippen molar-refractivity contribution in [3.05, 3.63) is 29.3 Å². The molecular weight excluding hydrogens is 243 g/mol. The SMILES string of the molecule is CCC(Cl)S(=O)(=O)c1ccc(Cl)cc1. The first kappa shape index (κ1) is 11.8. The molecule has 78 valence electrons. The molecule has 1 aromatic carbocycles. The Kier molecular flexibility index (Phi) is 3.81. The van der Waals surface area contributed by atoms with Crippen molar-refractivity contribution in [2.45, 2.75) is 22.9 Å². The van der Waals surface area contributed by atoms with E-state index in [0.29, 0.717) is 11.4 Å². The van der Waals surface area contributed by atoms with Gasteiger partial charge in [0.15, 0.2) is 9.84 Å². The van der Waals surface area contributed by atoms with E-state index in [1.54, 1.807) is 6.92 Å². The van der Waals surface area contributed by atoms with Crippen molar-refractivity contribution < 1.29 is 8.42 Å². The second-order valence-electron chi connectivity index (χ2n) is 2.82. The van der Waals surface area contributed by atoms with Crippen LogP contribution in [0.5, 0.6) is 0 Å². The third-order valence-electron chi connectivity index (χ3n) is 1.80. The lowest BCUT2D eigenvalue weighted by Gasteiger charge is -2.08. The molecule has 0 aliphatic heterocycles. The summed E-state index contributed by atoms with van der Waals surface area (Å²) in [6.45, 7) is 1.73. The summed E-state index contributed by atoms with van der Waals surface area (Å²) in [6, 6.07) is 5.99. The quantitative estimate of drug-likeness (QED) is 0.775. The van der Waals surface area contributed by atoms with Crippen molar-refractivity contribution in [3.63, 3.8) is 0 Å². The van der Waals surface area contributed by atoms with Crippen LogP contribution in [0.3, 0.4) is 0 Å². The molecule has 0 aliphatic rings. The van der Waals surface area contributed by atoms with Crippen molar-refractivity contribution in [1.82, 2.24) is 0 Å². The predicted molar refractivity (Wildman–Crippen MR) is 58.6 cm³/mol. The van der Waals surface area contributed by atoms with E-state index < -0.39 is 14.5 Å². The van der Waals surface area contributed by atoms with Gasteiger partial charge in [-0.1, -0.05) is 18.5 Å². The molecule has 0 spiro atoms. The molecule has 1 unspecified atom stereocenters. The molecule has 0 aromatic heterocycles. The van der Waals surface area contributed by atoms with Crippen LogP contribution in [-0.2, 0) is 9.84 Å². The van der Waals surface area contributed by atoms with Crippen LogP contribution >= 0.6 is 23.2 Å². The zero-order chi connectivity index (χ0) is 10.8. The highest BCUT2D eigenvalue weighted by Crippen LogP contribution is 2.22. The van der Waals surface area contributed by atoms with Crippen LogP contribution in [-0.4, -0.2) is 13.1 Å². The molecule has 1 rings (SSSR count). The first-order valence-corrected chi connectivity index (χ1v) is 6.48. The lowest BCUT2D eigenvalue weighted by atomic mass is 10.4. The van der Waals surface area contributed by atoms with Crippen LogP contribution < -0.4 is 0 Å². The Morgan fingerprint density at radius 3 is 2.21 bits per heavy atom. The van der Waals surface area contributed by atoms with Crippen LogP contribution in [0.4, 0.5) is 0 Å². The molecule has 0 radical (unpaired) electrons. The highest BCUT2D eigenvalue weighted by Gasteiger charge is 2.23. The minimum absolute atomic E-state index is 0.212. The zero-order valence-electron chi connectivity index (χ0n) is 7.57. The lowest BCUT2D eigenvalue weighted by Crippen LogP contribution is -2.14. The Morgan fingerprint density at radius 1 is 1.29 bits per heavy atom. The van der Waals surface area contributed by atoms with Gasteiger partial charge in [-0.05, 0) is 30.7 Å². The minimum Gasteiger partial charge on any atom is -0.222 e. The highest BCUT2D eigenvalue weighted by molar-refractivity contribution is 7.93. The number of hydrogen-bond donors (Lipinski definition) is 0. The van der Waals surface area contributed by atoms with E-state index in [9.17, 15) is 8.42 Å². The van der Waals surface area contributed by atoms with Crippen molar-refractivity contribution in [3.8, 4) is 0 Å². The Morgan fingerprint density at radius 2 is 1.79 bits per heavy atom. The maximum atomic E-state index is 11.7. The van der Waals surface area contributed by atoms with E-state index in [0.717, 1.165) is 0 Å². The summed E-state index contributed by atoms with van der Waals surface area (Å²) >= 11 is 11.4. The molecule has 1 atom stereocenters. The van der Waals surface area contributed by atoms with Gasteiger partial charge in [0.05, 0.1) is 4.90 Å².